The van der Waals surface area contributed by atoms with E-state index in [9.17, 15) is 14.7 Å². The highest BCUT2D eigenvalue weighted by Gasteiger charge is 2.22. The first-order valence-corrected chi connectivity index (χ1v) is 8.03. The minimum Gasteiger partial charge on any atom is -0.506 e. The lowest BCUT2D eigenvalue weighted by molar-refractivity contribution is 0.102. The maximum Gasteiger partial charge on any atom is 0.267 e. The molecule has 0 fully saturated rings. The van der Waals surface area contributed by atoms with Crippen LogP contribution in [-0.4, -0.2) is 25.4 Å². The van der Waals surface area contributed by atoms with Crippen LogP contribution in [0.25, 0.3) is 10.9 Å². The molecule has 1 amide bonds. The van der Waals surface area contributed by atoms with Gasteiger partial charge in [-0.05, 0) is 18.1 Å². The largest absolute Gasteiger partial charge is 0.506 e. The van der Waals surface area contributed by atoms with E-state index in [1.165, 1.54) is 15.4 Å². The molecular formula is C18H20N4O3. The molecule has 3 rings (SSSR count). The van der Waals surface area contributed by atoms with Gasteiger partial charge in [0.05, 0.1) is 17.4 Å². The van der Waals surface area contributed by atoms with Gasteiger partial charge in [-0.25, -0.2) is 0 Å². The average molecular weight is 340 g/mol. The summed E-state index contributed by atoms with van der Waals surface area (Å²) in [4.78, 5) is 25.5. The molecule has 0 unspecified atom stereocenters. The predicted octanol–water partition coefficient (Wildman–Crippen LogP) is 2.35. The van der Waals surface area contributed by atoms with Gasteiger partial charge in [-0.3, -0.25) is 14.3 Å². The van der Waals surface area contributed by atoms with E-state index in [-0.39, 0.29) is 17.2 Å². The summed E-state index contributed by atoms with van der Waals surface area (Å²) in [6, 6.07) is 7.02. The number of para-hydroxylation sites is 1. The van der Waals surface area contributed by atoms with Crippen LogP contribution < -0.4 is 10.9 Å². The molecule has 0 aliphatic carbocycles. The van der Waals surface area contributed by atoms with Crippen molar-refractivity contribution in [3.63, 3.8) is 0 Å². The fraction of sp³-hybridized carbons (Fsp3) is 0.278. The molecule has 0 saturated heterocycles. The summed E-state index contributed by atoms with van der Waals surface area (Å²) in [5, 5.41) is 17.6. The van der Waals surface area contributed by atoms with Crippen molar-refractivity contribution in [1.82, 2.24) is 14.3 Å². The number of benzene rings is 1. The Morgan fingerprint density at radius 2 is 2.04 bits per heavy atom. The van der Waals surface area contributed by atoms with Gasteiger partial charge in [0.2, 0.25) is 0 Å². The zero-order valence-electron chi connectivity index (χ0n) is 14.4. The molecular weight excluding hydrogens is 320 g/mol. The Balaban J connectivity index is 2.17. The van der Waals surface area contributed by atoms with Crippen LogP contribution in [0, 0.1) is 5.92 Å². The zero-order chi connectivity index (χ0) is 18.1. The lowest BCUT2D eigenvalue weighted by Gasteiger charge is -2.16. The molecule has 0 radical (unpaired) electrons. The van der Waals surface area contributed by atoms with Crippen molar-refractivity contribution in [2.45, 2.75) is 20.4 Å². The summed E-state index contributed by atoms with van der Waals surface area (Å²) >= 11 is 0. The summed E-state index contributed by atoms with van der Waals surface area (Å²) in [7, 11) is 1.72. The van der Waals surface area contributed by atoms with Gasteiger partial charge >= 0.3 is 0 Å². The molecule has 130 valence electrons. The Hall–Kier alpha value is -3.09. The number of aryl methyl sites for hydroxylation is 1. The SMILES string of the molecule is CC(C)Cn1c(=O)c(C(=O)Nc2cnn(C)c2)c(O)c2ccccc21. The van der Waals surface area contributed by atoms with Crippen LogP contribution in [0.5, 0.6) is 5.75 Å². The minimum atomic E-state index is -0.654. The standard InChI is InChI=1S/C18H20N4O3/c1-11(2)9-22-14-7-5-4-6-13(14)16(23)15(18(22)25)17(24)20-12-8-19-21(3)10-12/h4-8,10-11,23H,9H2,1-3H3,(H,20,24). The van der Waals surface area contributed by atoms with Gasteiger partial charge in [0.15, 0.2) is 0 Å². The summed E-state index contributed by atoms with van der Waals surface area (Å²) in [5.41, 5.74) is 0.293. The van der Waals surface area contributed by atoms with Crippen molar-refractivity contribution in [2.75, 3.05) is 5.32 Å². The Bertz CT molecular complexity index is 1000. The van der Waals surface area contributed by atoms with E-state index >= 15 is 0 Å². The lowest BCUT2D eigenvalue weighted by Crippen LogP contribution is -2.30. The molecule has 7 heteroatoms. The molecule has 0 spiro atoms. The number of nitrogens with one attached hydrogen (secondary N) is 1. The number of anilines is 1. The predicted molar refractivity (Wildman–Crippen MR) is 95.9 cm³/mol. The van der Waals surface area contributed by atoms with E-state index in [1.54, 1.807) is 37.5 Å². The van der Waals surface area contributed by atoms with E-state index in [0.717, 1.165) is 0 Å². The third-order valence-corrected chi connectivity index (χ3v) is 3.88. The fourth-order valence-electron chi connectivity index (χ4n) is 2.82. The van der Waals surface area contributed by atoms with E-state index in [2.05, 4.69) is 10.4 Å². The second-order valence-electron chi connectivity index (χ2n) is 6.41. The third-order valence-electron chi connectivity index (χ3n) is 3.88. The van der Waals surface area contributed by atoms with E-state index in [4.69, 9.17) is 0 Å². The number of aromatic hydroxyl groups is 1. The number of carbonyl (C=O) groups excluding carboxylic acids is 1. The Morgan fingerprint density at radius 3 is 2.68 bits per heavy atom. The van der Waals surface area contributed by atoms with E-state index in [0.29, 0.717) is 23.1 Å². The summed E-state index contributed by atoms with van der Waals surface area (Å²) in [6.45, 7) is 4.43. The van der Waals surface area contributed by atoms with E-state index in [1.807, 2.05) is 13.8 Å². The number of hydrogen-bond donors (Lipinski definition) is 2. The molecule has 2 N–H and O–H groups in total. The molecule has 0 bridgehead atoms. The first-order valence-electron chi connectivity index (χ1n) is 8.03. The maximum absolute atomic E-state index is 12.9. The van der Waals surface area contributed by atoms with Gasteiger partial charge in [0.25, 0.3) is 11.5 Å². The van der Waals surface area contributed by atoms with Crippen LogP contribution in [0.4, 0.5) is 5.69 Å². The molecule has 2 heterocycles. The van der Waals surface area contributed by atoms with Crippen molar-refractivity contribution < 1.29 is 9.90 Å². The van der Waals surface area contributed by atoms with Gasteiger partial charge in [-0.1, -0.05) is 26.0 Å². The van der Waals surface area contributed by atoms with Crippen LogP contribution in [-0.2, 0) is 13.6 Å². The average Bonchev–Trinajstić information content (AvgIpc) is 2.96. The Kier molecular flexibility index (Phi) is 4.31. The molecule has 7 nitrogen and oxygen atoms in total. The fourth-order valence-corrected chi connectivity index (χ4v) is 2.82. The molecule has 0 saturated carbocycles. The number of rotatable bonds is 4. The smallest absolute Gasteiger partial charge is 0.267 e. The molecule has 1 aromatic carbocycles. The second kappa shape index (κ2) is 6.43. The maximum atomic E-state index is 12.9. The second-order valence-corrected chi connectivity index (χ2v) is 6.41. The zero-order valence-corrected chi connectivity index (χ0v) is 14.4. The normalized spacial score (nSPS) is 11.2. The van der Waals surface area contributed by atoms with Gasteiger partial charge in [-0.15, -0.1) is 0 Å². The number of carbonyl (C=O) groups is 1. The number of aromatic nitrogens is 3. The van der Waals surface area contributed by atoms with Crippen molar-refractivity contribution in [3.05, 3.63) is 52.6 Å². The quantitative estimate of drug-likeness (QED) is 0.763. The van der Waals surface area contributed by atoms with Crippen LogP contribution in [0.2, 0.25) is 0 Å². The number of nitrogens with zero attached hydrogens (tertiary/aromatic N) is 3. The molecule has 0 aliphatic rings. The summed E-state index contributed by atoms with van der Waals surface area (Å²) < 4.78 is 3.07. The Labute approximate surface area is 144 Å². The third kappa shape index (κ3) is 3.13. The van der Waals surface area contributed by atoms with Crippen LogP contribution in [0.3, 0.4) is 0 Å². The lowest BCUT2D eigenvalue weighted by atomic mass is 10.1. The number of amides is 1. The van der Waals surface area contributed by atoms with Crippen molar-refractivity contribution in [2.24, 2.45) is 13.0 Å². The monoisotopic (exact) mass is 340 g/mol. The number of pyridine rings is 1. The number of fused-ring (bicyclic) bond motifs is 1. The van der Waals surface area contributed by atoms with Crippen molar-refractivity contribution >= 4 is 22.5 Å². The first-order chi connectivity index (χ1) is 11.9. The molecule has 2 aromatic heterocycles. The van der Waals surface area contributed by atoms with Gasteiger partial charge < -0.3 is 15.0 Å². The highest BCUT2D eigenvalue weighted by atomic mass is 16.3. The van der Waals surface area contributed by atoms with Gasteiger partial charge in [0, 0.05) is 25.2 Å². The first kappa shape index (κ1) is 16.8. The van der Waals surface area contributed by atoms with Gasteiger partial charge in [0.1, 0.15) is 11.3 Å². The molecule has 0 atom stereocenters. The van der Waals surface area contributed by atoms with Crippen LogP contribution in [0.1, 0.15) is 24.2 Å². The topological polar surface area (TPSA) is 89.2 Å². The molecule has 25 heavy (non-hydrogen) atoms. The van der Waals surface area contributed by atoms with Crippen molar-refractivity contribution in [1.29, 1.82) is 0 Å². The van der Waals surface area contributed by atoms with Crippen LogP contribution in [0.15, 0.2) is 41.5 Å². The highest BCUT2D eigenvalue weighted by Crippen LogP contribution is 2.27. The van der Waals surface area contributed by atoms with Crippen LogP contribution >= 0.6 is 0 Å². The molecule has 0 aliphatic heterocycles. The highest BCUT2D eigenvalue weighted by molar-refractivity contribution is 6.09. The van der Waals surface area contributed by atoms with E-state index < -0.39 is 11.5 Å². The van der Waals surface area contributed by atoms with Gasteiger partial charge in [-0.2, -0.15) is 5.10 Å². The summed E-state index contributed by atoms with van der Waals surface area (Å²) in [5.74, 6) is -0.749. The number of hydrogen-bond acceptors (Lipinski definition) is 4. The minimum absolute atomic E-state index is 0.208. The summed E-state index contributed by atoms with van der Waals surface area (Å²) in [6.07, 6.45) is 3.09. The Morgan fingerprint density at radius 1 is 1.32 bits per heavy atom. The molecule has 3 aromatic rings. The van der Waals surface area contributed by atoms with Crippen molar-refractivity contribution in [3.8, 4) is 5.75 Å².